The Kier molecular flexibility index (Phi) is 6.18. The highest BCUT2D eigenvalue weighted by Crippen LogP contribution is 2.25. The number of benzene rings is 2. The highest BCUT2D eigenvalue weighted by atomic mass is 79.9. The first kappa shape index (κ1) is 19.9. The monoisotopic (exact) mass is 452 g/mol. The van der Waals surface area contributed by atoms with Crippen LogP contribution >= 0.6 is 15.9 Å². The van der Waals surface area contributed by atoms with Crippen molar-refractivity contribution in [1.29, 1.82) is 0 Å². The van der Waals surface area contributed by atoms with Gasteiger partial charge in [-0.3, -0.25) is 4.79 Å². The Hall–Kier alpha value is -1.90. The van der Waals surface area contributed by atoms with Crippen molar-refractivity contribution in [3.63, 3.8) is 0 Å². The first-order valence-corrected chi connectivity index (χ1v) is 10.9. The molecule has 144 valence electrons. The summed E-state index contributed by atoms with van der Waals surface area (Å²) in [7, 11) is -1.98. The van der Waals surface area contributed by atoms with E-state index in [-0.39, 0.29) is 10.8 Å². The third-order valence-corrected chi connectivity index (χ3v) is 6.88. The van der Waals surface area contributed by atoms with E-state index in [4.69, 9.17) is 4.74 Å². The predicted octanol–water partition coefficient (Wildman–Crippen LogP) is 3.88. The Labute approximate surface area is 167 Å². The van der Waals surface area contributed by atoms with E-state index < -0.39 is 10.0 Å². The maximum absolute atomic E-state index is 12.7. The van der Waals surface area contributed by atoms with Gasteiger partial charge in [-0.25, -0.2) is 8.42 Å². The smallest absolute Gasteiger partial charge is 0.259 e. The normalized spacial score (nSPS) is 15.3. The van der Waals surface area contributed by atoms with Crippen LogP contribution in [-0.2, 0) is 10.0 Å². The number of sulfonamides is 1. The molecule has 27 heavy (non-hydrogen) atoms. The van der Waals surface area contributed by atoms with E-state index in [9.17, 15) is 13.2 Å². The zero-order chi connectivity index (χ0) is 19.4. The van der Waals surface area contributed by atoms with E-state index in [0.29, 0.717) is 30.1 Å². The Morgan fingerprint density at radius 1 is 1.07 bits per heavy atom. The summed E-state index contributed by atoms with van der Waals surface area (Å²) in [6.07, 6.45) is 2.85. The van der Waals surface area contributed by atoms with Crippen LogP contribution in [0.2, 0.25) is 0 Å². The lowest BCUT2D eigenvalue weighted by Gasteiger charge is -2.25. The van der Waals surface area contributed by atoms with Crippen molar-refractivity contribution >= 4 is 37.5 Å². The summed E-state index contributed by atoms with van der Waals surface area (Å²) < 4.78 is 32.9. The van der Waals surface area contributed by atoms with Crippen LogP contribution in [0.3, 0.4) is 0 Å². The van der Waals surface area contributed by atoms with Gasteiger partial charge in [-0.05, 0) is 55.3 Å². The van der Waals surface area contributed by atoms with Crippen molar-refractivity contribution in [3.05, 3.63) is 52.5 Å². The van der Waals surface area contributed by atoms with E-state index >= 15 is 0 Å². The first-order chi connectivity index (χ1) is 12.9. The molecular formula is C19H21BrN2O4S. The minimum absolute atomic E-state index is 0.238. The molecule has 6 nitrogen and oxygen atoms in total. The Morgan fingerprint density at radius 2 is 1.74 bits per heavy atom. The van der Waals surface area contributed by atoms with E-state index in [0.717, 1.165) is 23.7 Å². The van der Waals surface area contributed by atoms with Gasteiger partial charge in [-0.2, -0.15) is 4.31 Å². The molecule has 1 fully saturated rings. The van der Waals surface area contributed by atoms with Crippen LogP contribution in [-0.4, -0.2) is 38.8 Å². The molecule has 0 saturated carbocycles. The third kappa shape index (κ3) is 4.51. The van der Waals surface area contributed by atoms with Gasteiger partial charge in [-0.1, -0.05) is 22.4 Å². The number of halogens is 1. The van der Waals surface area contributed by atoms with Crippen LogP contribution in [0.25, 0.3) is 0 Å². The number of methoxy groups -OCH3 is 1. The SMILES string of the molecule is COc1ccc(Br)cc1C(=O)Nc1ccc(S(=O)(=O)N2CCCCC2)cc1. The van der Waals surface area contributed by atoms with Crippen molar-refractivity contribution < 1.29 is 17.9 Å². The molecule has 1 amide bonds. The summed E-state index contributed by atoms with van der Waals surface area (Å²) in [6, 6.07) is 11.4. The van der Waals surface area contributed by atoms with Crippen molar-refractivity contribution in [1.82, 2.24) is 4.31 Å². The summed E-state index contributed by atoms with van der Waals surface area (Å²) in [5.41, 5.74) is 0.900. The van der Waals surface area contributed by atoms with Gasteiger partial charge in [-0.15, -0.1) is 0 Å². The predicted molar refractivity (Wildman–Crippen MR) is 108 cm³/mol. The van der Waals surface area contributed by atoms with Crippen LogP contribution < -0.4 is 10.1 Å². The Balaban J connectivity index is 1.76. The number of anilines is 1. The number of hydrogen-bond donors (Lipinski definition) is 1. The molecule has 1 saturated heterocycles. The van der Waals surface area contributed by atoms with Gasteiger partial charge in [0.25, 0.3) is 5.91 Å². The molecular weight excluding hydrogens is 432 g/mol. The van der Waals surface area contributed by atoms with E-state index in [1.807, 2.05) is 0 Å². The van der Waals surface area contributed by atoms with Crippen molar-refractivity contribution in [3.8, 4) is 5.75 Å². The van der Waals surface area contributed by atoms with Crippen molar-refractivity contribution in [2.45, 2.75) is 24.2 Å². The summed E-state index contributed by atoms with van der Waals surface area (Å²) in [5, 5.41) is 2.77. The zero-order valence-electron chi connectivity index (χ0n) is 14.9. The van der Waals surface area contributed by atoms with Crippen LogP contribution in [0, 0.1) is 0 Å². The molecule has 0 atom stereocenters. The summed E-state index contributed by atoms with van der Waals surface area (Å²) in [5.74, 6) is 0.125. The number of nitrogens with one attached hydrogen (secondary N) is 1. The molecule has 0 radical (unpaired) electrons. The number of ether oxygens (including phenoxy) is 1. The molecule has 2 aromatic rings. The molecule has 3 rings (SSSR count). The summed E-state index contributed by atoms with van der Waals surface area (Å²) >= 11 is 3.34. The fraction of sp³-hybridized carbons (Fsp3) is 0.316. The van der Waals surface area contributed by atoms with Crippen molar-refractivity contribution in [2.75, 3.05) is 25.5 Å². The van der Waals surface area contributed by atoms with E-state index in [2.05, 4.69) is 21.2 Å². The summed E-state index contributed by atoms with van der Waals surface area (Å²) in [4.78, 5) is 12.8. The molecule has 1 N–H and O–H groups in total. The average Bonchev–Trinajstić information content (AvgIpc) is 2.69. The highest BCUT2D eigenvalue weighted by Gasteiger charge is 2.25. The maximum atomic E-state index is 12.7. The average molecular weight is 453 g/mol. The number of amides is 1. The largest absolute Gasteiger partial charge is 0.496 e. The van der Waals surface area contributed by atoms with E-state index in [1.165, 1.54) is 23.5 Å². The zero-order valence-corrected chi connectivity index (χ0v) is 17.3. The van der Waals surface area contributed by atoms with Gasteiger partial charge in [0.05, 0.1) is 17.6 Å². The fourth-order valence-corrected chi connectivity index (χ4v) is 4.90. The second-order valence-electron chi connectivity index (χ2n) is 6.29. The number of piperidine rings is 1. The number of hydrogen-bond acceptors (Lipinski definition) is 4. The van der Waals surface area contributed by atoms with E-state index in [1.54, 1.807) is 30.3 Å². The molecule has 1 aliphatic rings. The van der Waals surface area contributed by atoms with Crippen LogP contribution in [0.1, 0.15) is 29.6 Å². The molecule has 0 unspecified atom stereocenters. The molecule has 0 aromatic heterocycles. The van der Waals surface area contributed by atoms with Gasteiger partial charge in [0.15, 0.2) is 0 Å². The number of rotatable bonds is 5. The standard InChI is InChI=1S/C19H21BrN2O4S/c1-26-18-10-5-14(20)13-17(18)19(23)21-15-6-8-16(9-7-15)27(24,25)22-11-3-2-4-12-22/h5-10,13H,2-4,11-12H2,1H3,(H,21,23). The number of carbonyl (C=O) groups excluding carboxylic acids is 1. The Morgan fingerprint density at radius 3 is 2.37 bits per heavy atom. The minimum atomic E-state index is -3.48. The van der Waals surface area contributed by atoms with Gasteiger partial charge in [0.2, 0.25) is 10.0 Å². The van der Waals surface area contributed by atoms with Crippen LogP contribution in [0.5, 0.6) is 5.75 Å². The fourth-order valence-electron chi connectivity index (χ4n) is 3.02. The minimum Gasteiger partial charge on any atom is -0.496 e. The van der Waals surface area contributed by atoms with Gasteiger partial charge in [0.1, 0.15) is 5.75 Å². The Bertz CT molecular complexity index is 923. The number of nitrogens with zero attached hydrogens (tertiary/aromatic N) is 1. The lowest BCUT2D eigenvalue weighted by Crippen LogP contribution is -2.35. The second kappa shape index (κ2) is 8.41. The lowest BCUT2D eigenvalue weighted by molar-refractivity contribution is 0.102. The topological polar surface area (TPSA) is 75.7 Å². The molecule has 0 bridgehead atoms. The molecule has 8 heteroatoms. The highest BCUT2D eigenvalue weighted by molar-refractivity contribution is 9.10. The second-order valence-corrected chi connectivity index (χ2v) is 9.14. The van der Waals surface area contributed by atoms with Crippen LogP contribution in [0.4, 0.5) is 5.69 Å². The molecule has 0 aliphatic carbocycles. The van der Waals surface area contributed by atoms with Crippen molar-refractivity contribution in [2.24, 2.45) is 0 Å². The van der Waals surface area contributed by atoms with Gasteiger partial charge >= 0.3 is 0 Å². The molecule has 2 aromatic carbocycles. The first-order valence-electron chi connectivity index (χ1n) is 8.67. The quantitative estimate of drug-likeness (QED) is 0.746. The third-order valence-electron chi connectivity index (χ3n) is 4.47. The van der Waals surface area contributed by atoms with Gasteiger partial charge < -0.3 is 10.1 Å². The lowest BCUT2D eigenvalue weighted by atomic mass is 10.2. The maximum Gasteiger partial charge on any atom is 0.259 e. The van der Waals surface area contributed by atoms with Gasteiger partial charge in [0, 0.05) is 23.2 Å². The molecule has 1 heterocycles. The number of carbonyl (C=O) groups is 1. The van der Waals surface area contributed by atoms with Crippen LogP contribution in [0.15, 0.2) is 51.8 Å². The molecule has 0 spiro atoms. The molecule has 1 aliphatic heterocycles. The summed E-state index contributed by atoms with van der Waals surface area (Å²) in [6.45, 7) is 1.12.